The second-order valence-corrected chi connectivity index (χ2v) is 4.56. The number of benzene rings is 2. The summed E-state index contributed by atoms with van der Waals surface area (Å²) < 4.78 is 37.6. The Morgan fingerprint density at radius 1 is 1.00 bits per heavy atom. The quantitative estimate of drug-likeness (QED) is 0.814. The highest BCUT2D eigenvalue weighted by Crippen LogP contribution is 2.34. The largest absolute Gasteiger partial charge is 0.417 e. The van der Waals surface area contributed by atoms with Crippen LogP contribution in [0.25, 0.3) is 0 Å². The number of halogens is 4. The van der Waals surface area contributed by atoms with Gasteiger partial charge in [0.05, 0.1) is 10.6 Å². The molecule has 0 spiro atoms. The first-order valence-corrected chi connectivity index (χ1v) is 6.24. The van der Waals surface area contributed by atoms with Crippen molar-refractivity contribution < 1.29 is 13.2 Å². The van der Waals surface area contributed by atoms with E-state index in [0.717, 1.165) is 11.8 Å². The Balaban J connectivity index is 1.96. The summed E-state index contributed by atoms with van der Waals surface area (Å²) in [7, 11) is 0. The highest BCUT2D eigenvalue weighted by atomic mass is 35.5. The lowest BCUT2D eigenvalue weighted by atomic mass is 10.1. The van der Waals surface area contributed by atoms with E-state index < -0.39 is 11.7 Å². The van der Waals surface area contributed by atoms with Gasteiger partial charge in [-0.05, 0) is 29.8 Å². The van der Waals surface area contributed by atoms with Crippen molar-refractivity contribution >= 4 is 17.3 Å². The van der Waals surface area contributed by atoms with Crippen molar-refractivity contribution in [3.05, 3.63) is 64.7 Å². The molecule has 0 atom stereocenters. The Morgan fingerprint density at radius 2 is 1.70 bits per heavy atom. The highest BCUT2D eigenvalue weighted by molar-refractivity contribution is 6.31. The van der Waals surface area contributed by atoms with Crippen molar-refractivity contribution in [3.8, 4) is 0 Å². The van der Waals surface area contributed by atoms with Gasteiger partial charge in [-0.15, -0.1) is 0 Å². The fraction of sp³-hybridized carbons (Fsp3) is 0.143. The summed E-state index contributed by atoms with van der Waals surface area (Å²) >= 11 is 5.64. The third-order valence-corrected chi connectivity index (χ3v) is 2.95. The van der Waals surface area contributed by atoms with Crippen LogP contribution in [0.5, 0.6) is 0 Å². The van der Waals surface area contributed by atoms with Crippen LogP contribution in [-0.2, 0) is 12.7 Å². The van der Waals surface area contributed by atoms with E-state index in [1.165, 1.54) is 12.1 Å². The molecule has 0 saturated heterocycles. The Kier molecular flexibility index (Phi) is 4.52. The van der Waals surface area contributed by atoms with Crippen LogP contribution < -0.4 is 10.9 Å². The number of hydrazine groups is 1. The minimum atomic E-state index is -4.43. The fourth-order valence-electron chi connectivity index (χ4n) is 1.67. The molecule has 0 fully saturated rings. The van der Waals surface area contributed by atoms with Gasteiger partial charge in [0.1, 0.15) is 0 Å². The Morgan fingerprint density at radius 3 is 2.30 bits per heavy atom. The number of alkyl halides is 3. The van der Waals surface area contributed by atoms with Crippen molar-refractivity contribution in [1.82, 2.24) is 5.43 Å². The molecule has 0 bridgehead atoms. The molecule has 0 unspecified atom stereocenters. The topological polar surface area (TPSA) is 24.1 Å². The molecule has 0 aliphatic rings. The van der Waals surface area contributed by atoms with Gasteiger partial charge in [0.25, 0.3) is 0 Å². The summed E-state index contributed by atoms with van der Waals surface area (Å²) in [6, 6.07) is 13.1. The molecule has 0 aromatic heterocycles. The maximum absolute atomic E-state index is 12.5. The SMILES string of the molecule is FC(F)(F)c1ccc(CNNc2ccccc2)cc1Cl. The number of rotatable bonds is 4. The van der Waals surface area contributed by atoms with Gasteiger partial charge in [-0.25, -0.2) is 5.43 Å². The molecule has 2 aromatic rings. The van der Waals surface area contributed by atoms with E-state index in [0.29, 0.717) is 12.1 Å². The van der Waals surface area contributed by atoms with Crippen LogP contribution in [0.4, 0.5) is 18.9 Å². The molecule has 0 aliphatic heterocycles. The van der Waals surface area contributed by atoms with Gasteiger partial charge >= 0.3 is 6.18 Å². The molecular formula is C14H12ClF3N2. The zero-order chi connectivity index (χ0) is 14.6. The van der Waals surface area contributed by atoms with E-state index in [1.54, 1.807) is 0 Å². The summed E-state index contributed by atoms with van der Waals surface area (Å²) in [5, 5.41) is -0.295. The van der Waals surface area contributed by atoms with Crippen LogP contribution in [0.1, 0.15) is 11.1 Å². The van der Waals surface area contributed by atoms with E-state index in [1.807, 2.05) is 30.3 Å². The molecule has 0 heterocycles. The molecule has 6 heteroatoms. The summed E-state index contributed by atoms with van der Waals surface area (Å²) in [5.41, 5.74) is 6.56. The average Bonchev–Trinajstić information content (AvgIpc) is 2.38. The normalized spacial score (nSPS) is 11.4. The van der Waals surface area contributed by atoms with Crippen molar-refractivity contribution in [2.75, 3.05) is 5.43 Å². The van der Waals surface area contributed by atoms with Crippen LogP contribution in [0.3, 0.4) is 0 Å². The fourth-order valence-corrected chi connectivity index (χ4v) is 1.98. The van der Waals surface area contributed by atoms with Crippen LogP contribution >= 0.6 is 11.6 Å². The Hall–Kier alpha value is -1.72. The number of para-hydroxylation sites is 1. The van der Waals surface area contributed by atoms with Crippen LogP contribution in [0.2, 0.25) is 5.02 Å². The maximum atomic E-state index is 12.5. The first-order valence-electron chi connectivity index (χ1n) is 5.86. The van der Waals surface area contributed by atoms with Gasteiger partial charge in [-0.2, -0.15) is 13.2 Å². The predicted molar refractivity (Wildman–Crippen MR) is 73.4 cm³/mol. The Bertz CT molecular complexity index is 570. The van der Waals surface area contributed by atoms with Crippen molar-refractivity contribution in [3.63, 3.8) is 0 Å². The number of anilines is 1. The van der Waals surface area contributed by atoms with E-state index in [9.17, 15) is 13.2 Å². The van der Waals surface area contributed by atoms with Gasteiger partial charge in [0.2, 0.25) is 0 Å². The standard InChI is InChI=1S/C14H12ClF3N2/c15-13-8-10(6-7-12(13)14(16,17)18)9-19-20-11-4-2-1-3-5-11/h1-8,19-20H,9H2. The molecule has 2 nitrogen and oxygen atoms in total. The molecule has 2 rings (SSSR count). The summed E-state index contributed by atoms with van der Waals surface area (Å²) in [6.07, 6.45) is -4.43. The predicted octanol–water partition coefficient (Wildman–Crippen LogP) is 4.48. The molecule has 0 radical (unpaired) electrons. The number of hydrogen-bond donors (Lipinski definition) is 2. The Labute approximate surface area is 119 Å². The molecule has 20 heavy (non-hydrogen) atoms. The van der Waals surface area contributed by atoms with Gasteiger partial charge in [-0.3, -0.25) is 0 Å². The molecule has 0 aliphatic carbocycles. The van der Waals surface area contributed by atoms with E-state index in [4.69, 9.17) is 11.6 Å². The van der Waals surface area contributed by atoms with E-state index in [2.05, 4.69) is 10.9 Å². The van der Waals surface area contributed by atoms with Gasteiger partial charge < -0.3 is 5.43 Å². The third-order valence-electron chi connectivity index (χ3n) is 2.64. The summed E-state index contributed by atoms with van der Waals surface area (Å²) in [4.78, 5) is 0. The molecule has 0 saturated carbocycles. The van der Waals surface area contributed by atoms with Gasteiger partial charge in [-0.1, -0.05) is 35.9 Å². The van der Waals surface area contributed by atoms with Crippen molar-refractivity contribution in [2.45, 2.75) is 12.7 Å². The monoisotopic (exact) mass is 300 g/mol. The van der Waals surface area contributed by atoms with Crippen LogP contribution in [0, 0.1) is 0 Å². The molecule has 2 aromatic carbocycles. The smallest absolute Gasteiger partial charge is 0.321 e. The molecule has 0 amide bonds. The summed E-state index contributed by atoms with van der Waals surface area (Å²) in [5.74, 6) is 0. The van der Waals surface area contributed by atoms with Gasteiger partial charge in [0.15, 0.2) is 0 Å². The maximum Gasteiger partial charge on any atom is 0.417 e. The molecule has 106 valence electrons. The minimum Gasteiger partial charge on any atom is -0.321 e. The zero-order valence-electron chi connectivity index (χ0n) is 10.3. The molecular weight excluding hydrogens is 289 g/mol. The van der Waals surface area contributed by atoms with Gasteiger partial charge in [0, 0.05) is 12.2 Å². The molecule has 2 N–H and O–H groups in total. The summed E-state index contributed by atoms with van der Waals surface area (Å²) in [6.45, 7) is 0.354. The first-order chi connectivity index (χ1) is 9.47. The average molecular weight is 301 g/mol. The highest BCUT2D eigenvalue weighted by Gasteiger charge is 2.32. The lowest BCUT2D eigenvalue weighted by Crippen LogP contribution is -2.20. The lowest BCUT2D eigenvalue weighted by Gasteiger charge is -2.12. The first kappa shape index (κ1) is 14.7. The van der Waals surface area contributed by atoms with E-state index in [-0.39, 0.29) is 5.02 Å². The lowest BCUT2D eigenvalue weighted by molar-refractivity contribution is -0.137. The number of hydrogen-bond acceptors (Lipinski definition) is 2. The number of nitrogens with one attached hydrogen (secondary N) is 2. The van der Waals surface area contributed by atoms with Crippen molar-refractivity contribution in [1.29, 1.82) is 0 Å². The second-order valence-electron chi connectivity index (χ2n) is 4.16. The zero-order valence-corrected chi connectivity index (χ0v) is 11.1. The van der Waals surface area contributed by atoms with E-state index >= 15 is 0 Å². The third kappa shape index (κ3) is 3.88. The second kappa shape index (κ2) is 6.15. The minimum absolute atomic E-state index is 0.295. The van der Waals surface area contributed by atoms with Crippen LogP contribution in [-0.4, -0.2) is 0 Å². The van der Waals surface area contributed by atoms with Crippen molar-refractivity contribution in [2.24, 2.45) is 0 Å². The van der Waals surface area contributed by atoms with Crippen LogP contribution in [0.15, 0.2) is 48.5 Å².